The lowest BCUT2D eigenvalue weighted by Crippen LogP contribution is -2.49. The van der Waals surface area contributed by atoms with E-state index >= 15 is 0 Å². The number of hydrogen-bond donors (Lipinski definition) is 2. The molecule has 2 rings (SSSR count). The van der Waals surface area contributed by atoms with E-state index < -0.39 is 0 Å². The quantitative estimate of drug-likeness (QED) is 0.719. The molecule has 1 saturated heterocycles. The van der Waals surface area contributed by atoms with Gasteiger partial charge in [-0.05, 0) is 57.8 Å². The van der Waals surface area contributed by atoms with Crippen molar-refractivity contribution < 1.29 is 4.79 Å². The summed E-state index contributed by atoms with van der Waals surface area (Å²) in [4.78, 5) is 14.4. The molecule has 1 aliphatic rings. The standard InChI is InChI=1S/C18H29N3O.2ClH/c1-15(18(22)20-11-10-19-2)21-12-8-17(9-13-21)14-16-6-4-3-5-7-16;;/h3-7,15,17,19H,8-14H2,1-2H3,(H,20,22);2*1H. The van der Waals surface area contributed by atoms with E-state index in [1.54, 1.807) is 0 Å². The zero-order valence-electron chi connectivity index (χ0n) is 14.7. The number of piperidine rings is 1. The van der Waals surface area contributed by atoms with Crippen molar-refractivity contribution in [2.24, 2.45) is 5.92 Å². The highest BCUT2D eigenvalue weighted by atomic mass is 35.5. The molecular weight excluding hydrogens is 345 g/mol. The molecule has 1 unspecified atom stereocenters. The maximum Gasteiger partial charge on any atom is 0.237 e. The first-order valence-electron chi connectivity index (χ1n) is 8.41. The zero-order valence-corrected chi connectivity index (χ0v) is 16.3. The predicted octanol–water partition coefficient (Wildman–Crippen LogP) is 2.51. The number of rotatable bonds is 7. The van der Waals surface area contributed by atoms with Crippen molar-refractivity contribution in [3.05, 3.63) is 35.9 Å². The number of hydrogen-bond acceptors (Lipinski definition) is 3. The summed E-state index contributed by atoms with van der Waals surface area (Å²) in [6.45, 7) is 5.59. The van der Waals surface area contributed by atoms with E-state index in [2.05, 4.69) is 45.9 Å². The summed E-state index contributed by atoms with van der Waals surface area (Å²) in [6, 6.07) is 10.7. The predicted molar refractivity (Wildman–Crippen MR) is 105 cm³/mol. The second kappa shape index (κ2) is 12.5. The molecule has 6 heteroatoms. The number of carbonyl (C=O) groups excluding carboxylic acids is 1. The van der Waals surface area contributed by atoms with Gasteiger partial charge < -0.3 is 10.6 Å². The fourth-order valence-corrected chi connectivity index (χ4v) is 3.12. The van der Waals surface area contributed by atoms with Crippen molar-refractivity contribution in [1.29, 1.82) is 0 Å². The van der Waals surface area contributed by atoms with Crippen LogP contribution in [0.4, 0.5) is 0 Å². The number of halogens is 2. The molecule has 0 aliphatic carbocycles. The lowest BCUT2D eigenvalue weighted by atomic mass is 9.89. The average molecular weight is 376 g/mol. The molecule has 0 radical (unpaired) electrons. The first-order valence-corrected chi connectivity index (χ1v) is 8.41. The number of likely N-dealkylation sites (N-methyl/N-ethyl adjacent to an activating group) is 1. The van der Waals surface area contributed by atoms with Crippen molar-refractivity contribution in [1.82, 2.24) is 15.5 Å². The van der Waals surface area contributed by atoms with Crippen LogP contribution in [-0.4, -0.2) is 50.1 Å². The van der Waals surface area contributed by atoms with E-state index in [-0.39, 0.29) is 36.8 Å². The van der Waals surface area contributed by atoms with Gasteiger partial charge in [-0.1, -0.05) is 30.3 Å². The largest absolute Gasteiger partial charge is 0.353 e. The monoisotopic (exact) mass is 375 g/mol. The average Bonchev–Trinajstić information content (AvgIpc) is 2.56. The molecule has 0 aromatic heterocycles. The minimum atomic E-state index is -0.0190. The maximum absolute atomic E-state index is 12.1. The smallest absolute Gasteiger partial charge is 0.237 e. The van der Waals surface area contributed by atoms with Gasteiger partial charge in [0.1, 0.15) is 0 Å². The van der Waals surface area contributed by atoms with Gasteiger partial charge in [0.25, 0.3) is 0 Å². The summed E-state index contributed by atoms with van der Waals surface area (Å²) >= 11 is 0. The summed E-state index contributed by atoms with van der Waals surface area (Å²) in [7, 11) is 1.90. The molecule has 0 spiro atoms. The Balaban J connectivity index is 0.00000264. The van der Waals surface area contributed by atoms with Gasteiger partial charge >= 0.3 is 0 Å². The lowest BCUT2D eigenvalue weighted by Gasteiger charge is -2.35. The van der Waals surface area contributed by atoms with Crippen molar-refractivity contribution in [2.45, 2.75) is 32.2 Å². The summed E-state index contributed by atoms with van der Waals surface area (Å²) in [5.74, 6) is 0.898. The minimum absolute atomic E-state index is 0. The maximum atomic E-state index is 12.1. The van der Waals surface area contributed by atoms with E-state index in [0.717, 1.165) is 32.0 Å². The van der Waals surface area contributed by atoms with Crippen molar-refractivity contribution in [3.63, 3.8) is 0 Å². The number of nitrogens with one attached hydrogen (secondary N) is 2. The third-order valence-corrected chi connectivity index (χ3v) is 4.62. The van der Waals surface area contributed by atoms with Gasteiger partial charge in [0.2, 0.25) is 5.91 Å². The van der Waals surface area contributed by atoms with Gasteiger partial charge in [-0.2, -0.15) is 0 Å². The molecule has 1 atom stereocenters. The highest BCUT2D eigenvalue weighted by molar-refractivity contribution is 5.85. The molecule has 1 aromatic rings. The Morgan fingerprint density at radius 2 is 1.79 bits per heavy atom. The molecule has 1 amide bonds. The van der Waals surface area contributed by atoms with E-state index in [0.29, 0.717) is 6.54 Å². The van der Waals surface area contributed by atoms with Gasteiger partial charge in [0, 0.05) is 13.1 Å². The van der Waals surface area contributed by atoms with E-state index in [9.17, 15) is 4.79 Å². The zero-order chi connectivity index (χ0) is 15.8. The van der Waals surface area contributed by atoms with Crippen LogP contribution in [-0.2, 0) is 11.2 Å². The molecule has 1 fully saturated rings. The number of benzene rings is 1. The first kappa shape index (κ1) is 23.2. The van der Waals surface area contributed by atoms with Gasteiger partial charge in [-0.3, -0.25) is 9.69 Å². The Kier molecular flexibility index (Phi) is 12.1. The molecule has 0 saturated carbocycles. The summed E-state index contributed by atoms with van der Waals surface area (Å²) in [5, 5.41) is 6.03. The van der Waals surface area contributed by atoms with E-state index in [4.69, 9.17) is 0 Å². The number of nitrogens with zero attached hydrogens (tertiary/aromatic N) is 1. The summed E-state index contributed by atoms with van der Waals surface area (Å²) in [5.41, 5.74) is 1.43. The highest BCUT2D eigenvalue weighted by Gasteiger charge is 2.26. The number of likely N-dealkylation sites (tertiary alicyclic amines) is 1. The van der Waals surface area contributed by atoms with Crippen LogP contribution in [0.5, 0.6) is 0 Å². The van der Waals surface area contributed by atoms with Crippen molar-refractivity contribution in [2.75, 3.05) is 33.2 Å². The fourth-order valence-electron chi connectivity index (χ4n) is 3.12. The van der Waals surface area contributed by atoms with Crippen LogP contribution >= 0.6 is 24.8 Å². The molecule has 1 aliphatic heterocycles. The molecule has 24 heavy (non-hydrogen) atoms. The van der Waals surface area contributed by atoms with Crippen LogP contribution in [0.25, 0.3) is 0 Å². The van der Waals surface area contributed by atoms with Crippen molar-refractivity contribution in [3.8, 4) is 0 Å². The molecule has 2 N–H and O–H groups in total. The lowest BCUT2D eigenvalue weighted by molar-refractivity contribution is -0.126. The van der Waals surface area contributed by atoms with Crippen LogP contribution in [0.3, 0.4) is 0 Å². The van der Waals surface area contributed by atoms with Crippen LogP contribution in [0.15, 0.2) is 30.3 Å². The molecule has 1 heterocycles. The number of amides is 1. The number of carbonyl (C=O) groups is 1. The van der Waals surface area contributed by atoms with Crippen LogP contribution in [0.1, 0.15) is 25.3 Å². The van der Waals surface area contributed by atoms with Crippen molar-refractivity contribution >= 4 is 30.7 Å². The van der Waals surface area contributed by atoms with Crippen LogP contribution in [0, 0.1) is 5.92 Å². The third-order valence-electron chi connectivity index (χ3n) is 4.62. The highest BCUT2D eigenvalue weighted by Crippen LogP contribution is 2.22. The van der Waals surface area contributed by atoms with E-state index in [1.165, 1.54) is 18.4 Å². The molecule has 0 bridgehead atoms. The Hall–Kier alpha value is -0.810. The SMILES string of the molecule is CNCCNC(=O)C(C)N1CCC(Cc2ccccc2)CC1.Cl.Cl. The van der Waals surface area contributed by atoms with Gasteiger partial charge in [0.15, 0.2) is 0 Å². The van der Waals surface area contributed by atoms with Gasteiger partial charge in [-0.25, -0.2) is 0 Å². The fraction of sp³-hybridized carbons (Fsp3) is 0.611. The van der Waals surface area contributed by atoms with Gasteiger partial charge in [0.05, 0.1) is 6.04 Å². The Bertz CT molecular complexity index is 451. The Morgan fingerprint density at radius 1 is 1.17 bits per heavy atom. The Morgan fingerprint density at radius 3 is 2.38 bits per heavy atom. The minimum Gasteiger partial charge on any atom is -0.353 e. The van der Waals surface area contributed by atoms with Crippen LogP contribution in [0.2, 0.25) is 0 Å². The second-order valence-electron chi connectivity index (χ2n) is 6.24. The van der Waals surface area contributed by atoms with E-state index in [1.807, 2.05) is 14.0 Å². The topological polar surface area (TPSA) is 44.4 Å². The molecule has 1 aromatic carbocycles. The first-order chi connectivity index (χ1) is 10.7. The molecule has 4 nitrogen and oxygen atoms in total. The second-order valence-corrected chi connectivity index (χ2v) is 6.24. The Labute approximate surface area is 158 Å². The van der Waals surface area contributed by atoms with Gasteiger partial charge in [-0.15, -0.1) is 24.8 Å². The van der Waals surface area contributed by atoms with Crippen LogP contribution < -0.4 is 10.6 Å². The molecule has 138 valence electrons. The summed E-state index contributed by atoms with van der Waals surface area (Å²) in [6.07, 6.45) is 3.53. The third kappa shape index (κ3) is 7.39. The normalized spacial score (nSPS) is 16.6. The molecular formula is C18H31Cl2N3O. The summed E-state index contributed by atoms with van der Waals surface area (Å²) < 4.78 is 0.